The molecular weight excluding hydrogens is 402 g/mol. The van der Waals surface area contributed by atoms with Gasteiger partial charge in [0.25, 0.3) is 0 Å². The number of ether oxygens (including phenoxy) is 3. The van der Waals surface area contributed by atoms with Gasteiger partial charge in [-0.05, 0) is 65.6 Å². The average molecular weight is 432 g/mol. The molecule has 32 heavy (non-hydrogen) atoms. The maximum Gasteiger partial charge on any atom is 0.231 e. The van der Waals surface area contributed by atoms with E-state index < -0.39 is 6.10 Å². The molecule has 0 aliphatic carbocycles. The number of hydrogen-bond donors (Lipinski definition) is 2. The minimum Gasteiger partial charge on any atom is -0.491 e. The Balaban J connectivity index is 1.71. The number of rotatable bonds is 9. The third-order valence-corrected chi connectivity index (χ3v) is 5.46. The lowest BCUT2D eigenvalue weighted by atomic mass is 9.88. The summed E-state index contributed by atoms with van der Waals surface area (Å²) < 4.78 is 16.9. The number of hydrogen-bond acceptors (Lipinski definition) is 5. The lowest BCUT2D eigenvalue weighted by molar-refractivity contribution is 0.108. The first-order valence-electron chi connectivity index (χ1n) is 10.9. The molecule has 5 nitrogen and oxygen atoms in total. The van der Waals surface area contributed by atoms with E-state index in [1.165, 1.54) is 11.1 Å². The van der Waals surface area contributed by atoms with Gasteiger partial charge in [0.2, 0.25) is 6.79 Å². The number of aliphatic hydroxyl groups excluding tert-OH is 1. The van der Waals surface area contributed by atoms with Gasteiger partial charge in [0.05, 0.1) is 0 Å². The third-order valence-electron chi connectivity index (χ3n) is 5.46. The summed E-state index contributed by atoms with van der Waals surface area (Å²) >= 11 is 0. The topological polar surface area (TPSA) is 60.0 Å². The van der Waals surface area contributed by atoms with Gasteiger partial charge in [-0.2, -0.15) is 0 Å². The first-order chi connectivity index (χ1) is 15.7. The maximum absolute atomic E-state index is 9.89. The van der Waals surface area contributed by atoms with Crippen LogP contribution in [-0.4, -0.2) is 38.2 Å². The summed E-state index contributed by atoms with van der Waals surface area (Å²) in [6.07, 6.45) is 0.315. The van der Waals surface area contributed by atoms with Crippen LogP contribution in [0.15, 0.2) is 72.8 Å². The number of nitrogens with one attached hydrogen (secondary N) is 1. The zero-order chi connectivity index (χ0) is 22.3. The number of allylic oxidation sites excluding steroid dienone is 1. The number of aliphatic hydroxyl groups is 1. The zero-order valence-electron chi connectivity index (χ0n) is 18.5. The Morgan fingerprint density at radius 1 is 0.938 bits per heavy atom. The number of likely N-dealkylation sites (N-methyl/N-ethyl adjacent to an activating group) is 1. The molecule has 3 aromatic carbocycles. The van der Waals surface area contributed by atoms with E-state index in [-0.39, 0.29) is 13.4 Å². The van der Waals surface area contributed by atoms with Crippen molar-refractivity contribution in [3.05, 3.63) is 89.5 Å². The normalized spacial score (nSPS) is 14.1. The molecule has 0 amide bonds. The molecule has 0 radical (unpaired) electrons. The number of benzene rings is 3. The first-order valence-corrected chi connectivity index (χ1v) is 10.9. The van der Waals surface area contributed by atoms with Crippen molar-refractivity contribution >= 4 is 11.1 Å². The molecule has 1 unspecified atom stereocenters. The average Bonchev–Trinajstić information content (AvgIpc) is 3.30. The van der Waals surface area contributed by atoms with Crippen LogP contribution in [0.5, 0.6) is 17.2 Å². The van der Waals surface area contributed by atoms with Gasteiger partial charge in [-0.1, -0.05) is 55.5 Å². The molecule has 0 aromatic heterocycles. The van der Waals surface area contributed by atoms with Gasteiger partial charge in [0, 0.05) is 6.54 Å². The molecular formula is C27H29NO4. The molecule has 0 spiro atoms. The fraction of sp³-hybridized carbons (Fsp3) is 0.259. The van der Waals surface area contributed by atoms with E-state index in [1.807, 2.05) is 24.3 Å². The first kappa shape index (κ1) is 21.9. The Morgan fingerprint density at radius 2 is 1.62 bits per heavy atom. The summed E-state index contributed by atoms with van der Waals surface area (Å²) in [4.78, 5) is 0. The van der Waals surface area contributed by atoms with Gasteiger partial charge >= 0.3 is 0 Å². The Kier molecular flexibility index (Phi) is 7.10. The van der Waals surface area contributed by atoms with Crippen LogP contribution < -0.4 is 19.5 Å². The molecule has 0 bridgehead atoms. The Bertz CT molecular complexity index is 1060. The second kappa shape index (κ2) is 10.4. The standard InChI is InChI=1S/C27H29NO4/c1-3-24(21-11-14-25-26(15-21)32-18-31-25)27(19-7-5-4-6-8-19)20-9-12-23(13-10-20)30-17-22(29)16-28-2/h4-15,22,28-29H,3,16-18H2,1-2H3. The second-order valence-corrected chi connectivity index (χ2v) is 7.69. The van der Waals surface area contributed by atoms with E-state index in [0.29, 0.717) is 6.54 Å². The Morgan fingerprint density at radius 3 is 2.34 bits per heavy atom. The van der Waals surface area contributed by atoms with E-state index in [9.17, 15) is 5.11 Å². The highest BCUT2D eigenvalue weighted by atomic mass is 16.7. The van der Waals surface area contributed by atoms with Crippen LogP contribution in [0.3, 0.4) is 0 Å². The Hall–Kier alpha value is -3.28. The molecule has 3 aromatic rings. The Labute approximate surface area is 189 Å². The van der Waals surface area contributed by atoms with E-state index in [4.69, 9.17) is 14.2 Å². The van der Waals surface area contributed by atoms with Crippen LogP contribution in [0.1, 0.15) is 30.0 Å². The third kappa shape index (κ3) is 4.96. The van der Waals surface area contributed by atoms with E-state index in [1.54, 1.807) is 7.05 Å². The van der Waals surface area contributed by atoms with Gasteiger partial charge in [-0.15, -0.1) is 0 Å². The van der Waals surface area contributed by atoms with Crippen molar-refractivity contribution in [2.75, 3.05) is 27.0 Å². The van der Waals surface area contributed by atoms with Crippen LogP contribution in [0, 0.1) is 0 Å². The quantitative estimate of drug-likeness (QED) is 0.479. The van der Waals surface area contributed by atoms with Crippen molar-refractivity contribution in [1.82, 2.24) is 5.32 Å². The summed E-state index contributed by atoms with van der Waals surface area (Å²) in [6.45, 7) is 3.18. The number of fused-ring (bicyclic) bond motifs is 1. The summed E-state index contributed by atoms with van der Waals surface area (Å²) in [5.74, 6) is 2.30. The van der Waals surface area contributed by atoms with E-state index in [2.05, 4.69) is 60.8 Å². The summed E-state index contributed by atoms with van der Waals surface area (Å²) in [7, 11) is 1.81. The smallest absolute Gasteiger partial charge is 0.231 e. The van der Waals surface area contributed by atoms with Crippen LogP contribution in [0.4, 0.5) is 0 Å². The molecule has 1 heterocycles. The largest absolute Gasteiger partial charge is 0.491 e. The molecule has 166 valence electrons. The molecule has 1 atom stereocenters. The minimum atomic E-state index is -0.544. The SMILES string of the molecule is CCC(=C(c1ccccc1)c1ccc(OCC(O)CNC)cc1)c1ccc2c(c1)OCO2. The fourth-order valence-corrected chi connectivity index (χ4v) is 3.93. The summed E-state index contributed by atoms with van der Waals surface area (Å²) in [5.41, 5.74) is 5.78. The van der Waals surface area contributed by atoms with E-state index in [0.717, 1.165) is 40.4 Å². The molecule has 0 saturated carbocycles. The lowest BCUT2D eigenvalue weighted by Crippen LogP contribution is -2.29. The highest BCUT2D eigenvalue weighted by Gasteiger charge is 2.18. The second-order valence-electron chi connectivity index (χ2n) is 7.69. The van der Waals surface area contributed by atoms with Crippen molar-refractivity contribution in [3.8, 4) is 17.2 Å². The summed E-state index contributed by atoms with van der Waals surface area (Å²) in [6, 6.07) is 24.6. The van der Waals surface area contributed by atoms with Gasteiger partial charge in [0.1, 0.15) is 18.5 Å². The van der Waals surface area contributed by atoms with Gasteiger partial charge in [0.15, 0.2) is 11.5 Å². The lowest BCUT2D eigenvalue weighted by Gasteiger charge is -2.17. The van der Waals surface area contributed by atoms with Crippen LogP contribution in [0.2, 0.25) is 0 Å². The molecule has 1 aliphatic rings. The van der Waals surface area contributed by atoms with Crippen LogP contribution in [-0.2, 0) is 0 Å². The van der Waals surface area contributed by atoms with Gasteiger partial charge in [-0.25, -0.2) is 0 Å². The zero-order valence-corrected chi connectivity index (χ0v) is 18.5. The molecule has 0 saturated heterocycles. The van der Waals surface area contributed by atoms with Crippen molar-refractivity contribution < 1.29 is 19.3 Å². The molecule has 2 N–H and O–H groups in total. The van der Waals surface area contributed by atoms with Crippen molar-refractivity contribution in [1.29, 1.82) is 0 Å². The summed E-state index contributed by atoms with van der Waals surface area (Å²) in [5, 5.41) is 12.8. The van der Waals surface area contributed by atoms with Crippen molar-refractivity contribution in [2.45, 2.75) is 19.4 Å². The highest BCUT2D eigenvalue weighted by Crippen LogP contribution is 2.39. The monoisotopic (exact) mass is 431 g/mol. The molecule has 0 fully saturated rings. The molecule has 4 rings (SSSR count). The fourth-order valence-electron chi connectivity index (χ4n) is 3.93. The predicted molar refractivity (Wildman–Crippen MR) is 127 cm³/mol. The van der Waals surface area contributed by atoms with Crippen LogP contribution in [0.25, 0.3) is 11.1 Å². The van der Waals surface area contributed by atoms with Crippen molar-refractivity contribution in [3.63, 3.8) is 0 Å². The van der Waals surface area contributed by atoms with Crippen LogP contribution >= 0.6 is 0 Å². The van der Waals surface area contributed by atoms with E-state index >= 15 is 0 Å². The van der Waals surface area contributed by atoms with Crippen molar-refractivity contribution in [2.24, 2.45) is 0 Å². The minimum absolute atomic E-state index is 0.249. The van der Waals surface area contributed by atoms with Gasteiger partial charge in [-0.3, -0.25) is 0 Å². The van der Waals surface area contributed by atoms with Gasteiger partial charge < -0.3 is 24.6 Å². The molecule has 1 aliphatic heterocycles. The predicted octanol–water partition coefficient (Wildman–Crippen LogP) is 4.74. The molecule has 5 heteroatoms. The highest BCUT2D eigenvalue weighted by molar-refractivity contribution is 5.98. The maximum atomic E-state index is 9.89.